The predicted octanol–water partition coefficient (Wildman–Crippen LogP) is 2.20. The van der Waals surface area contributed by atoms with Crippen LogP contribution in [0.25, 0.3) is 11.5 Å². The Bertz CT molecular complexity index is 789. The maximum atomic E-state index is 11.8. The van der Waals surface area contributed by atoms with Crippen LogP contribution in [-0.4, -0.2) is 51.6 Å². The van der Waals surface area contributed by atoms with Gasteiger partial charge in [-0.2, -0.15) is 0 Å². The second kappa shape index (κ2) is 7.14. The number of esters is 1. The fourth-order valence-corrected chi connectivity index (χ4v) is 3.14. The molecule has 24 heavy (non-hydrogen) atoms. The maximum Gasteiger partial charge on any atom is 0.323 e. The third kappa shape index (κ3) is 3.59. The Kier molecular flexibility index (Phi) is 5.14. The first kappa shape index (κ1) is 17.3. The average Bonchev–Trinajstić information content (AvgIpc) is 3.11. The second-order valence-corrected chi connectivity index (χ2v) is 6.79. The summed E-state index contributed by atoms with van der Waals surface area (Å²) in [5.41, 5.74) is 0.800. The number of ether oxygens (including phenoxy) is 1. The number of halogens is 1. The molecule has 1 aliphatic rings. The molecule has 0 bridgehead atoms. The van der Waals surface area contributed by atoms with E-state index in [-0.39, 0.29) is 17.5 Å². The molecule has 0 spiro atoms. The lowest BCUT2D eigenvalue weighted by Crippen LogP contribution is -2.38. The number of aliphatic hydroxyl groups is 1. The Hall–Kier alpha value is -1.55. The molecule has 0 amide bonds. The van der Waals surface area contributed by atoms with E-state index in [1.165, 1.54) is 11.8 Å². The number of rotatable bonds is 4. The largest absolute Gasteiger partial charge is 0.468 e. The minimum Gasteiger partial charge on any atom is -0.468 e. The summed E-state index contributed by atoms with van der Waals surface area (Å²) >= 11 is 8.59. The van der Waals surface area contributed by atoms with Crippen molar-refractivity contribution in [2.24, 2.45) is 0 Å². The lowest BCUT2D eigenvalue weighted by molar-refractivity contribution is -0.146. The van der Waals surface area contributed by atoms with Gasteiger partial charge in [0.1, 0.15) is 6.04 Å². The summed E-state index contributed by atoms with van der Waals surface area (Å²) in [6.07, 6.45) is -0.252. The zero-order chi connectivity index (χ0) is 17.3. The Morgan fingerprint density at radius 1 is 1.50 bits per heavy atom. The van der Waals surface area contributed by atoms with E-state index < -0.39 is 12.1 Å². The molecule has 0 aliphatic carbocycles. The molecule has 0 saturated carbocycles. The lowest BCUT2D eigenvalue weighted by atomic mass is 10.2. The minimum absolute atomic E-state index is 0.206. The van der Waals surface area contributed by atoms with Gasteiger partial charge >= 0.3 is 5.97 Å². The number of nitrogens with zero attached hydrogens (tertiary/aromatic N) is 3. The molecule has 1 N–H and O–H groups in total. The van der Waals surface area contributed by atoms with Gasteiger partial charge in [0, 0.05) is 23.0 Å². The van der Waals surface area contributed by atoms with Crippen LogP contribution < -0.4 is 0 Å². The van der Waals surface area contributed by atoms with Crippen molar-refractivity contribution in [2.45, 2.75) is 25.2 Å². The van der Waals surface area contributed by atoms with Gasteiger partial charge < -0.3 is 14.3 Å². The minimum atomic E-state index is -0.582. The van der Waals surface area contributed by atoms with Gasteiger partial charge in [-0.1, -0.05) is 15.9 Å². The van der Waals surface area contributed by atoms with Crippen LogP contribution in [0.1, 0.15) is 6.42 Å². The van der Waals surface area contributed by atoms with Crippen molar-refractivity contribution in [3.05, 3.63) is 33.6 Å². The Balaban J connectivity index is 1.81. The van der Waals surface area contributed by atoms with Crippen molar-refractivity contribution in [1.82, 2.24) is 14.7 Å². The number of likely N-dealkylation sites (tertiary alicyclic amines) is 1. The number of hydrogen-bond donors (Lipinski definition) is 1. The van der Waals surface area contributed by atoms with Crippen LogP contribution in [0, 0.1) is 4.84 Å². The van der Waals surface area contributed by atoms with Gasteiger partial charge in [-0.25, -0.2) is 4.68 Å². The Labute approximate surface area is 152 Å². The van der Waals surface area contributed by atoms with E-state index in [4.69, 9.17) is 21.4 Å². The van der Waals surface area contributed by atoms with Crippen molar-refractivity contribution in [3.63, 3.8) is 0 Å². The molecule has 2 aromatic rings. The number of β-amino-alcohol motifs (C(OH)–C–C–N with tert-alkyl or cyclic N) is 1. The van der Waals surface area contributed by atoms with Gasteiger partial charge in [0.25, 0.3) is 4.84 Å². The second-order valence-electron chi connectivity index (χ2n) is 5.52. The standard InChI is InChI=1S/C15H16BrN3O4S/c1-22-14(21)12-6-11(20)7-18(12)8-19-15(24)23-13(17-19)9-2-4-10(16)5-3-9/h2-5,11-12,20H,6-8H2,1H3/t11-,12-/m0/s1. The first-order valence-corrected chi connectivity index (χ1v) is 8.52. The van der Waals surface area contributed by atoms with Gasteiger partial charge in [0.2, 0.25) is 5.89 Å². The number of methoxy groups -OCH3 is 1. The molecule has 2 atom stereocenters. The summed E-state index contributed by atoms with van der Waals surface area (Å²) in [7, 11) is 1.33. The van der Waals surface area contributed by atoms with E-state index in [0.29, 0.717) is 18.9 Å². The van der Waals surface area contributed by atoms with E-state index in [9.17, 15) is 9.90 Å². The summed E-state index contributed by atoms with van der Waals surface area (Å²) in [4.78, 5) is 13.8. The van der Waals surface area contributed by atoms with E-state index in [0.717, 1.165) is 10.0 Å². The fraction of sp³-hybridized carbons (Fsp3) is 0.400. The number of aromatic nitrogens is 2. The number of benzene rings is 1. The van der Waals surface area contributed by atoms with Crippen molar-refractivity contribution in [1.29, 1.82) is 0 Å². The number of carbonyl (C=O) groups excluding carboxylic acids is 1. The Morgan fingerprint density at radius 2 is 2.21 bits per heavy atom. The third-order valence-corrected chi connectivity index (χ3v) is 4.69. The first-order valence-electron chi connectivity index (χ1n) is 7.31. The number of hydrogen-bond acceptors (Lipinski definition) is 7. The molecule has 7 nitrogen and oxygen atoms in total. The number of carbonyl (C=O) groups is 1. The van der Waals surface area contributed by atoms with Gasteiger partial charge in [-0.3, -0.25) is 9.69 Å². The molecular weight excluding hydrogens is 398 g/mol. The smallest absolute Gasteiger partial charge is 0.323 e. The third-order valence-electron chi connectivity index (χ3n) is 3.87. The molecule has 0 radical (unpaired) electrons. The average molecular weight is 414 g/mol. The highest BCUT2D eigenvalue weighted by molar-refractivity contribution is 9.10. The van der Waals surface area contributed by atoms with Gasteiger partial charge in [0.15, 0.2) is 0 Å². The topological polar surface area (TPSA) is 80.7 Å². The monoisotopic (exact) mass is 413 g/mol. The van der Waals surface area contributed by atoms with Crippen LogP contribution in [0.4, 0.5) is 0 Å². The quantitative estimate of drug-likeness (QED) is 0.607. The zero-order valence-electron chi connectivity index (χ0n) is 12.9. The van der Waals surface area contributed by atoms with Crippen LogP contribution in [-0.2, 0) is 16.2 Å². The highest BCUT2D eigenvalue weighted by atomic mass is 79.9. The van der Waals surface area contributed by atoms with Gasteiger partial charge in [0.05, 0.1) is 19.9 Å². The Morgan fingerprint density at radius 3 is 2.88 bits per heavy atom. The van der Waals surface area contributed by atoms with E-state index in [2.05, 4.69) is 21.0 Å². The van der Waals surface area contributed by atoms with Crippen molar-refractivity contribution in [3.8, 4) is 11.5 Å². The molecule has 2 heterocycles. The summed E-state index contributed by atoms with van der Waals surface area (Å²) in [6.45, 7) is 0.595. The predicted molar refractivity (Wildman–Crippen MR) is 91.6 cm³/mol. The first-order chi connectivity index (χ1) is 11.5. The molecule has 3 rings (SSSR count). The molecule has 1 aliphatic heterocycles. The molecule has 1 aromatic heterocycles. The van der Waals surface area contributed by atoms with Crippen LogP contribution in [0.15, 0.2) is 33.2 Å². The van der Waals surface area contributed by atoms with Crippen LogP contribution in [0.5, 0.6) is 0 Å². The molecular formula is C15H16BrN3O4S. The summed E-state index contributed by atoms with van der Waals surface area (Å²) in [6, 6.07) is 6.99. The SMILES string of the molecule is COC(=O)[C@@H]1C[C@H](O)CN1Cn1nc(-c2ccc(Br)cc2)oc1=S. The summed E-state index contributed by atoms with van der Waals surface area (Å²) in [5.74, 6) is 0.0246. The highest BCUT2D eigenvalue weighted by Gasteiger charge is 2.37. The van der Waals surface area contributed by atoms with E-state index in [1.54, 1.807) is 4.90 Å². The van der Waals surface area contributed by atoms with Crippen molar-refractivity contribution >= 4 is 34.1 Å². The van der Waals surface area contributed by atoms with E-state index >= 15 is 0 Å². The summed E-state index contributed by atoms with van der Waals surface area (Å²) < 4.78 is 12.8. The van der Waals surface area contributed by atoms with Crippen LogP contribution in [0.3, 0.4) is 0 Å². The molecule has 128 valence electrons. The fourth-order valence-electron chi connectivity index (χ4n) is 2.69. The van der Waals surface area contributed by atoms with E-state index in [1.807, 2.05) is 24.3 Å². The van der Waals surface area contributed by atoms with Crippen LogP contribution >= 0.6 is 28.1 Å². The normalized spacial score (nSPS) is 21.1. The van der Waals surface area contributed by atoms with Gasteiger partial charge in [-0.05, 0) is 36.5 Å². The number of aliphatic hydroxyl groups excluding tert-OH is 1. The molecule has 1 fully saturated rings. The van der Waals surface area contributed by atoms with Crippen LogP contribution in [0.2, 0.25) is 0 Å². The van der Waals surface area contributed by atoms with Crippen molar-refractivity contribution < 1.29 is 19.1 Å². The molecule has 0 unspecified atom stereocenters. The maximum absolute atomic E-state index is 11.8. The molecule has 1 aromatic carbocycles. The molecule has 9 heteroatoms. The molecule has 1 saturated heterocycles. The lowest BCUT2D eigenvalue weighted by Gasteiger charge is -2.21. The van der Waals surface area contributed by atoms with Gasteiger partial charge in [-0.15, -0.1) is 5.10 Å². The van der Waals surface area contributed by atoms with Crippen molar-refractivity contribution in [2.75, 3.05) is 13.7 Å². The zero-order valence-corrected chi connectivity index (χ0v) is 15.3. The summed E-state index contributed by atoms with van der Waals surface area (Å²) in [5, 5.41) is 14.2. The highest BCUT2D eigenvalue weighted by Crippen LogP contribution is 2.23.